The van der Waals surface area contributed by atoms with Gasteiger partial charge in [0.05, 0.1) is 12.0 Å². The summed E-state index contributed by atoms with van der Waals surface area (Å²) in [7, 11) is 0. The largest absolute Gasteiger partial charge is 0.368 e. The van der Waals surface area contributed by atoms with Crippen LogP contribution in [0, 0.1) is 5.41 Å². The highest BCUT2D eigenvalue weighted by Crippen LogP contribution is 2.31. The summed E-state index contributed by atoms with van der Waals surface area (Å²) in [6.45, 7) is 8.14. The molecular formula is C14H29N3O2. The molecule has 5 nitrogen and oxygen atoms in total. The zero-order chi connectivity index (χ0) is 15.1. The van der Waals surface area contributed by atoms with E-state index in [2.05, 4.69) is 0 Å². The van der Waals surface area contributed by atoms with E-state index in [1.54, 1.807) is 4.90 Å². The summed E-state index contributed by atoms with van der Waals surface area (Å²) < 4.78 is 0. The third kappa shape index (κ3) is 4.82. The monoisotopic (exact) mass is 271 g/mol. The number of hydrogen-bond acceptors (Lipinski definition) is 3. The Kier molecular flexibility index (Phi) is 7.68. The maximum Gasteiger partial charge on any atom is 0.237 e. The van der Waals surface area contributed by atoms with Gasteiger partial charge < -0.3 is 16.4 Å². The molecule has 0 saturated carbocycles. The fraction of sp³-hybridized carbons (Fsp3) is 0.857. The molecule has 0 aromatic rings. The van der Waals surface area contributed by atoms with Crippen molar-refractivity contribution in [3.05, 3.63) is 0 Å². The van der Waals surface area contributed by atoms with Crippen LogP contribution in [0.4, 0.5) is 0 Å². The minimum atomic E-state index is -0.552. The van der Waals surface area contributed by atoms with E-state index in [1.807, 2.05) is 27.7 Å². The van der Waals surface area contributed by atoms with Gasteiger partial charge in [-0.05, 0) is 26.7 Å². The molecule has 0 atom stereocenters. The molecule has 0 fully saturated rings. The van der Waals surface area contributed by atoms with Gasteiger partial charge in [0.2, 0.25) is 11.8 Å². The summed E-state index contributed by atoms with van der Waals surface area (Å²) in [5, 5.41) is 0. The topological polar surface area (TPSA) is 89.4 Å². The Bertz CT molecular complexity index is 297. The number of hydrogen-bond donors (Lipinski definition) is 2. The van der Waals surface area contributed by atoms with E-state index in [9.17, 15) is 9.59 Å². The van der Waals surface area contributed by atoms with Gasteiger partial charge in [0, 0.05) is 12.6 Å². The Morgan fingerprint density at radius 3 is 1.89 bits per heavy atom. The first-order valence-corrected chi connectivity index (χ1v) is 7.14. The first-order chi connectivity index (χ1) is 8.84. The lowest BCUT2D eigenvalue weighted by atomic mass is 9.77. The van der Waals surface area contributed by atoms with Crippen molar-refractivity contribution >= 4 is 11.8 Å². The molecule has 0 aliphatic rings. The van der Waals surface area contributed by atoms with Crippen molar-refractivity contribution in [2.45, 2.75) is 59.4 Å². The van der Waals surface area contributed by atoms with E-state index in [-0.39, 0.29) is 18.5 Å². The molecule has 4 N–H and O–H groups in total. The highest BCUT2D eigenvalue weighted by Gasteiger charge is 2.39. The van der Waals surface area contributed by atoms with E-state index in [4.69, 9.17) is 11.5 Å². The third-order valence-corrected chi connectivity index (χ3v) is 3.51. The van der Waals surface area contributed by atoms with Crippen molar-refractivity contribution in [1.82, 2.24) is 4.90 Å². The normalized spacial score (nSPS) is 11.7. The molecule has 0 unspecified atom stereocenters. The average molecular weight is 271 g/mol. The molecule has 0 rings (SSSR count). The Labute approximate surface area is 116 Å². The molecular weight excluding hydrogens is 242 g/mol. The third-order valence-electron chi connectivity index (χ3n) is 3.51. The first-order valence-electron chi connectivity index (χ1n) is 7.14. The highest BCUT2D eigenvalue weighted by atomic mass is 16.2. The second kappa shape index (κ2) is 8.15. The summed E-state index contributed by atoms with van der Waals surface area (Å²) in [6.07, 6.45) is 3.28. The SMILES string of the molecule is CCCC(CN)(CCC)C(=O)N(CC(N)=O)C(C)C. The Morgan fingerprint density at radius 1 is 1.16 bits per heavy atom. The molecule has 0 aliphatic carbocycles. The van der Waals surface area contributed by atoms with E-state index < -0.39 is 11.3 Å². The summed E-state index contributed by atoms with van der Waals surface area (Å²) in [4.78, 5) is 25.5. The van der Waals surface area contributed by atoms with E-state index in [0.29, 0.717) is 6.54 Å². The zero-order valence-electron chi connectivity index (χ0n) is 12.7. The van der Waals surface area contributed by atoms with Gasteiger partial charge in [-0.15, -0.1) is 0 Å². The molecule has 0 heterocycles. The molecule has 0 aromatic heterocycles. The molecule has 0 aromatic carbocycles. The lowest BCUT2D eigenvalue weighted by molar-refractivity contribution is -0.147. The molecule has 2 amide bonds. The van der Waals surface area contributed by atoms with Gasteiger partial charge in [0.15, 0.2) is 0 Å². The summed E-state index contributed by atoms with van der Waals surface area (Å²) in [6, 6.07) is -0.0559. The summed E-state index contributed by atoms with van der Waals surface area (Å²) >= 11 is 0. The van der Waals surface area contributed by atoms with Crippen LogP contribution in [0.3, 0.4) is 0 Å². The van der Waals surface area contributed by atoms with Gasteiger partial charge in [0.25, 0.3) is 0 Å². The smallest absolute Gasteiger partial charge is 0.237 e. The van der Waals surface area contributed by atoms with Crippen LogP contribution in [0.25, 0.3) is 0 Å². The van der Waals surface area contributed by atoms with Gasteiger partial charge in [-0.25, -0.2) is 0 Å². The number of carbonyl (C=O) groups is 2. The van der Waals surface area contributed by atoms with E-state index in [1.165, 1.54) is 0 Å². The molecule has 112 valence electrons. The minimum Gasteiger partial charge on any atom is -0.368 e. The van der Waals surface area contributed by atoms with Crippen molar-refractivity contribution in [3.8, 4) is 0 Å². The van der Waals surface area contributed by atoms with Crippen LogP contribution in [0.15, 0.2) is 0 Å². The maximum absolute atomic E-state index is 12.8. The lowest BCUT2D eigenvalue weighted by Crippen LogP contribution is -2.52. The number of nitrogens with zero attached hydrogens (tertiary/aromatic N) is 1. The van der Waals surface area contributed by atoms with Crippen molar-refractivity contribution in [2.24, 2.45) is 16.9 Å². The van der Waals surface area contributed by atoms with Crippen LogP contribution in [-0.2, 0) is 9.59 Å². The van der Waals surface area contributed by atoms with Gasteiger partial charge in [0.1, 0.15) is 0 Å². The minimum absolute atomic E-state index is 0.0347. The van der Waals surface area contributed by atoms with Gasteiger partial charge in [-0.1, -0.05) is 26.7 Å². The fourth-order valence-corrected chi connectivity index (χ4v) is 2.55. The lowest BCUT2D eigenvalue weighted by Gasteiger charge is -2.38. The van der Waals surface area contributed by atoms with Crippen LogP contribution >= 0.6 is 0 Å². The number of rotatable bonds is 9. The molecule has 0 aliphatic heterocycles. The Balaban J connectivity index is 5.26. The van der Waals surface area contributed by atoms with Gasteiger partial charge in [-0.3, -0.25) is 9.59 Å². The van der Waals surface area contributed by atoms with E-state index >= 15 is 0 Å². The molecule has 0 spiro atoms. The fourth-order valence-electron chi connectivity index (χ4n) is 2.55. The molecule has 0 radical (unpaired) electrons. The van der Waals surface area contributed by atoms with Crippen molar-refractivity contribution in [2.75, 3.05) is 13.1 Å². The van der Waals surface area contributed by atoms with Crippen molar-refractivity contribution in [1.29, 1.82) is 0 Å². The van der Waals surface area contributed by atoms with E-state index in [0.717, 1.165) is 25.7 Å². The predicted molar refractivity (Wildman–Crippen MR) is 77.3 cm³/mol. The molecule has 19 heavy (non-hydrogen) atoms. The van der Waals surface area contributed by atoms with Crippen molar-refractivity contribution < 1.29 is 9.59 Å². The number of amides is 2. The van der Waals surface area contributed by atoms with Crippen LogP contribution in [0.2, 0.25) is 0 Å². The van der Waals surface area contributed by atoms with Crippen LogP contribution in [-0.4, -0.2) is 35.8 Å². The predicted octanol–water partition coefficient (Wildman–Crippen LogP) is 1.25. The number of nitrogens with two attached hydrogens (primary N) is 2. The summed E-state index contributed by atoms with van der Waals surface area (Å²) in [5.74, 6) is -0.520. The van der Waals surface area contributed by atoms with Crippen LogP contribution in [0.5, 0.6) is 0 Å². The average Bonchev–Trinajstić information content (AvgIpc) is 2.34. The van der Waals surface area contributed by atoms with Gasteiger partial charge >= 0.3 is 0 Å². The van der Waals surface area contributed by atoms with Crippen LogP contribution < -0.4 is 11.5 Å². The van der Waals surface area contributed by atoms with Crippen molar-refractivity contribution in [3.63, 3.8) is 0 Å². The Morgan fingerprint density at radius 2 is 1.63 bits per heavy atom. The standard InChI is InChI=1S/C14H29N3O2/c1-5-7-14(10-15,8-6-2)13(19)17(11(3)4)9-12(16)18/h11H,5-10,15H2,1-4H3,(H2,16,18). The second-order valence-electron chi connectivity index (χ2n) is 5.48. The van der Waals surface area contributed by atoms with Crippen LogP contribution in [0.1, 0.15) is 53.4 Å². The molecule has 0 saturated heterocycles. The van der Waals surface area contributed by atoms with Gasteiger partial charge in [-0.2, -0.15) is 0 Å². The Hall–Kier alpha value is -1.10. The number of carbonyl (C=O) groups excluding carboxylic acids is 2. The quantitative estimate of drug-likeness (QED) is 0.661. The molecule has 0 bridgehead atoms. The second-order valence-corrected chi connectivity index (χ2v) is 5.48. The summed E-state index contributed by atoms with van der Waals surface area (Å²) in [5.41, 5.74) is 10.6. The maximum atomic E-state index is 12.8. The molecule has 5 heteroatoms. The number of primary amides is 1. The zero-order valence-corrected chi connectivity index (χ0v) is 12.7. The first kappa shape index (κ1) is 17.9. The highest BCUT2D eigenvalue weighted by molar-refractivity contribution is 5.87.